The number of hydrogen-bond donors (Lipinski definition) is 0. The lowest BCUT2D eigenvalue weighted by atomic mass is 10.1. The molecule has 1 saturated heterocycles. The molecule has 0 aromatic carbocycles. The van der Waals surface area contributed by atoms with Crippen LogP contribution in [0.15, 0.2) is 0 Å². The Balaban J connectivity index is 0.000000671. The van der Waals surface area contributed by atoms with Gasteiger partial charge in [-0.25, -0.2) is 5.26 Å². The Morgan fingerprint density at radius 3 is 2.54 bits per heavy atom. The molecule has 2 heteroatoms. The average Bonchev–Trinajstić information content (AvgIpc) is 2.65. The monoisotopic (exact) mass is 182 g/mol. The predicted molar refractivity (Wildman–Crippen MR) is 56.4 cm³/mol. The number of rotatable bonds is 4. The maximum atomic E-state index is 6.50. The highest BCUT2D eigenvalue weighted by Gasteiger charge is 2.19. The number of nitriles is 1. The summed E-state index contributed by atoms with van der Waals surface area (Å²) in [6, 6.07) is 0. The molecule has 13 heavy (non-hydrogen) atoms. The molecule has 0 aliphatic carbocycles. The van der Waals surface area contributed by atoms with Gasteiger partial charge in [-0.1, -0.05) is 26.7 Å². The highest BCUT2D eigenvalue weighted by Crippen LogP contribution is 2.18. The molecule has 1 aliphatic rings. The zero-order chi connectivity index (χ0) is 10.1. The first-order valence-electron chi connectivity index (χ1n) is 5.35. The van der Waals surface area contributed by atoms with Crippen molar-refractivity contribution in [3.8, 4) is 6.57 Å². The minimum atomic E-state index is 1.01. The van der Waals surface area contributed by atoms with Crippen LogP contribution in [0.4, 0.5) is 0 Å². The van der Waals surface area contributed by atoms with Gasteiger partial charge in [0.05, 0.1) is 0 Å². The second-order valence-corrected chi connectivity index (χ2v) is 3.72. The van der Waals surface area contributed by atoms with Gasteiger partial charge in [0, 0.05) is 13.1 Å². The van der Waals surface area contributed by atoms with E-state index in [1.165, 1.54) is 45.3 Å². The molecule has 0 N–H and O–H groups in total. The van der Waals surface area contributed by atoms with Crippen LogP contribution >= 0.6 is 0 Å². The standard InChI is InChI=1S/C10H21N.CHN/c1-3-5-7-11-8-6-10(4-2)9-11;1-2/h10H,3-9H2,1-2H3;1H. The van der Waals surface area contributed by atoms with E-state index in [4.69, 9.17) is 5.26 Å². The van der Waals surface area contributed by atoms with Crippen LogP contribution in [0.25, 0.3) is 0 Å². The van der Waals surface area contributed by atoms with E-state index in [-0.39, 0.29) is 0 Å². The number of nitrogens with zero attached hydrogens (tertiary/aromatic N) is 2. The molecule has 1 atom stereocenters. The zero-order valence-corrected chi connectivity index (χ0v) is 9.00. The van der Waals surface area contributed by atoms with E-state index in [9.17, 15) is 0 Å². The molecule has 1 fully saturated rings. The lowest BCUT2D eigenvalue weighted by molar-refractivity contribution is 0.317. The number of hydrogen-bond acceptors (Lipinski definition) is 2. The summed E-state index contributed by atoms with van der Waals surface area (Å²) in [5.41, 5.74) is 0. The summed E-state index contributed by atoms with van der Waals surface area (Å²) in [6.45, 7) is 12.2. The molecule has 1 heterocycles. The molecule has 0 bridgehead atoms. The molecule has 76 valence electrons. The summed E-state index contributed by atoms with van der Waals surface area (Å²) in [5, 5.41) is 6.50. The minimum absolute atomic E-state index is 1.01. The molecule has 1 aliphatic heterocycles. The van der Waals surface area contributed by atoms with Crippen LogP contribution in [0, 0.1) is 17.8 Å². The van der Waals surface area contributed by atoms with E-state index in [2.05, 4.69) is 25.3 Å². The molecular weight excluding hydrogens is 160 g/mol. The van der Waals surface area contributed by atoms with Gasteiger partial charge in [0.15, 0.2) is 0 Å². The average molecular weight is 182 g/mol. The Hall–Kier alpha value is -0.550. The van der Waals surface area contributed by atoms with Crippen molar-refractivity contribution < 1.29 is 0 Å². The summed E-state index contributed by atoms with van der Waals surface area (Å²) in [5.74, 6) is 1.01. The number of unbranched alkanes of at least 4 members (excludes halogenated alkanes) is 1. The van der Waals surface area contributed by atoms with E-state index in [1.54, 1.807) is 0 Å². The molecule has 0 radical (unpaired) electrons. The third kappa shape index (κ3) is 4.90. The summed E-state index contributed by atoms with van der Waals surface area (Å²) in [6.07, 6.45) is 5.55. The van der Waals surface area contributed by atoms with Crippen LogP contribution in [0.1, 0.15) is 39.5 Å². The minimum Gasteiger partial charge on any atom is -0.303 e. The number of likely N-dealkylation sites (tertiary alicyclic amines) is 1. The molecule has 0 spiro atoms. The smallest absolute Gasteiger partial charge is 0.0462 e. The lowest BCUT2D eigenvalue weighted by Gasteiger charge is -2.14. The van der Waals surface area contributed by atoms with E-state index >= 15 is 0 Å². The van der Waals surface area contributed by atoms with Crippen LogP contribution in [-0.4, -0.2) is 24.5 Å². The van der Waals surface area contributed by atoms with Crippen molar-refractivity contribution in [2.24, 2.45) is 5.92 Å². The molecule has 0 aromatic heterocycles. The van der Waals surface area contributed by atoms with Gasteiger partial charge in [-0.3, -0.25) is 0 Å². The zero-order valence-electron chi connectivity index (χ0n) is 9.00. The normalized spacial score (nSPS) is 22.3. The van der Waals surface area contributed by atoms with E-state index in [0.717, 1.165) is 5.92 Å². The Morgan fingerprint density at radius 1 is 1.38 bits per heavy atom. The molecule has 1 unspecified atom stereocenters. The molecule has 0 saturated carbocycles. The van der Waals surface area contributed by atoms with Gasteiger partial charge in [-0.15, -0.1) is 0 Å². The lowest BCUT2D eigenvalue weighted by Crippen LogP contribution is -2.21. The predicted octanol–water partition coefficient (Wildman–Crippen LogP) is 2.66. The Labute approximate surface area is 82.5 Å². The van der Waals surface area contributed by atoms with Crippen LogP contribution in [0.3, 0.4) is 0 Å². The van der Waals surface area contributed by atoms with Crippen LogP contribution in [0.5, 0.6) is 0 Å². The first kappa shape index (κ1) is 12.4. The molecule has 0 aromatic rings. The van der Waals surface area contributed by atoms with Gasteiger partial charge in [-0.05, 0) is 31.8 Å². The van der Waals surface area contributed by atoms with Gasteiger partial charge in [0.2, 0.25) is 0 Å². The summed E-state index contributed by atoms with van der Waals surface area (Å²) >= 11 is 0. The first-order chi connectivity index (χ1) is 6.36. The Bertz CT molecular complexity index is 131. The van der Waals surface area contributed by atoms with E-state index < -0.39 is 0 Å². The van der Waals surface area contributed by atoms with E-state index in [0.29, 0.717) is 0 Å². The Morgan fingerprint density at radius 2 is 2.08 bits per heavy atom. The van der Waals surface area contributed by atoms with Crippen LogP contribution in [-0.2, 0) is 0 Å². The van der Waals surface area contributed by atoms with Gasteiger partial charge < -0.3 is 4.90 Å². The quantitative estimate of drug-likeness (QED) is 0.668. The van der Waals surface area contributed by atoms with Gasteiger partial charge in [-0.2, -0.15) is 0 Å². The molecule has 0 amide bonds. The van der Waals surface area contributed by atoms with Crippen molar-refractivity contribution in [1.82, 2.24) is 4.90 Å². The highest BCUT2D eigenvalue weighted by molar-refractivity contribution is 4.73. The van der Waals surface area contributed by atoms with Gasteiger partial charge >= 0.3 is 0 Å². The topological polar surface area (TPSA) is 27.0 Å². The maximum absolute atomic E-state index is 6.50. The van der Waals surface area contributed by atoms with E-state index in [1.807, 2.05) is 0 Å². The highest BCUT2D eigenvalue weighted by atomic mass is 15.1. The van der Waals surface area contributed by atoms with Crippen molar-refractivity contribution in [1.29, 1.82) is 5.26 Å². The fourth-order valence-corrected chi connectivity index (χ4v) is 1.83. The largest absolute Gasteiger partial charge is 0.303 e. The van der Waals surface area contributed by atoms with Crippen molar-refractivity contribution >= 4 is 0 Å². The second-order valence-electron chi connectivity index (χ2n) is 3.72. The second kappa shape index (κ2) is 8.07. The van der Waals surface area contributed by atoms with Gasteiger partial charge in [0.25, 0.3) is 0 Å². The molecular formula is C11H22N2. The SMILES string of the molecule is C#N.CCCCN1CCC(CC)C1. The summed E-state index contributed by atoms with van der Waals surface area (Å²) in [7, 11) is 0. The van der Waals surface area contributed by atoms with Gasteiger partial charge in [0.1, 0.15) is 0 Å². The maximum Gasteiger partial charge on any atom is 0.0462 e. The fourth-order valence-electron chi connectivity index (χ4n) is 1.83. The van der Waals surface area contributed by atoms with Crippen LogP contribution < -0.4 is 0 Å². The Kier molecular flexibility index (Phi) is 7.73. The van der Waals surface area contributed by atoms with Crippen molar-refractivity contribution in [2.45, 2.75) is 39.5 Å². The molecule has 2 nitrogen and oxygen atoms in total. The van der Waals surface area contributed by atoms with Crippen LogP contribution in [0.2, 0.25) is 0 Å². The van der Waals surface area contributed by atoms with Crippen molar-refractivity contribution in [3.63, 3.8) is 0 Å². The first-order valence-corrected chi connectivity index (χ1v) is 5.35. The summed E-state index contributed by atoms with van der Waals surface area (Å²) in [4.78, 5) is 2.62. The van der Waals surface area contributed by atoms with Crippen molar-refractivity contribution in [2.75, 3.05) is 19.6 Å². The third-order valence-electron chi connectivity index (χ3n) is 2.78. The fraction of sp³-hybridized carbons (Fsp3) is 0.909. The summed E-state index contributed by atoms with van der Waals surface area (Å²) < 4.78 is 0. The van der Waals surface area contributed by atoms with Crippen molar-refractivity contribution in [3.05, 3.63) is 0 Å². The molecule has 1 rings (SSSR count). The third-order valence-corrected chi connectivity index (χ3v) is 2.78.